The van der Waals surface area contributed by atoms with E-state index in [4.69, 9.17) is 9.84 Å². The van der Waals surface area contributed by atoms with Crippen LogP contribution in [-0.4, -0.2) is 17.8 Å². The van der Waals surface area contributed by atoms with Crippen LogP contribution in [0, 0.1) is 17.3 Å². The van der Waals surface area contributed by atoms with Crippen molar-refractivity contribution in [3.63, 3.8) is 0 Å². The van der Waals surface area contributed by atoms with Crippen molar-refractivity contribution >= 4 is 0 Å². The van der Waals surface area contributed by atoms with Crippen LogP contribution < -0.4 is 0 Å². The lowest BCUT2D eigenvalue weighted by Crippen LogP contribution is -2.27. The van der Waals surface area contributed by atoms with Crippen LogP contribution >= 0.6 is 0 Å². The fourth-order valence-corrected chi connectivity index (χ4v) is 1.40. The molecule has 0 amide bonds. The van der Waals surface area contributed by atoms with Gasteiger partial charge in [0.05, 0.1) is 6.61 Å². The largest absolute Gasteiger partial charge is 0.384 e. The van der Waals surface area contributed by atoms with Crippen molar-refractivity contribution in [2.75, 3.05) is 6.61 Å². The quantitative estimate of drug-likeness (QED) is 0.812. The Hall–Kier alpha value is -1.30. The molecule has 0 aliphatic heterocycles. The summed E-state index contributed by atoms with van der Waals surface area (Å²) in [5.41, 5.74) is 1.07. The van der Waals surface area contributed by atoms with Gasteiger partial charge in [-0.2, -0.15) is 0 Å². The third-order valence-electron chi connectivity index (χ3n) is 2.36. The van der Waals surface area contributed by atoms with Crippen molar-refractivity contribution in [3.05, 3.63) is 35.9 Å². The van der Waals surface area contributed by atoms with Crippen LogP contribution in [-0.2, 0) is 11.3 Å². The Morgan fingerprint density at radius 2 is 1.88 bits per heavy atom. The zero-order chi connectivity index (χ0) is 12.7. The second-order valence-electron chi connectivity index (χ2n) is 5.02. The van der Waals surface area contributed by atoms with Gasteiger partial charge in [0, 0.05) is 0 Å². The Kier molecular flexibility index (Phi) is 5.21. The van der Waals surface area contributed by atoms with Crippen LogP contribution in [0.25, 0.3) is 0 Å². The summed E-state index contributed by atoms with van der Waals surface area (Å²) in [7, 11) is 0. The molecule has 1 aromatic carbocycles. The molecular weight excluding hydrogens is 212 g/mol. The van der Waals surface area contributed by atoms with Gasteiger partial charge in [0.2, 0.25) is 0 Å². The lowest BCUT2D eigenvalue weighted by atomic mass is 9.89. The first-order chi connectivity index (χ1) is 8.04. The SMILES string of the molecule is CC(C)(C)C(C#CCO)OCc1ccccc1. The molecule has 0 heterocycles. The summed E-state index contributed by atoms with van der Waals surface area (Å²) in [6, 6.07) is 10.0. The molecule has 0 spiro atoms. The molecule has 2 heteroatoms. The van der Waals surface area contributed by atoms with E-state index in [-0.39, 0.29) is 18.1 Å². The summed E-state index contributed by atoms with van der Waals surface area (Å²) >= 11 is 0. The van der Waals surface area contributed by atoms with Crippen LogP contribution in [0.5, 0.6) is 0 Å². The second kappa shape index (κ2) is 6.44. The second-order valence-corrected chi connectivity index (χ2v) is 5.02. The fourth-order valence-electron chi connectivity index (χ4n) is 1.40. The highest BCUT2D eigenvalue weighted by molar-refractivity contribution is 5.14. The number of hydrogen-bond acceptors (Lipinski definition) is 2. The summed E-state index contributed by atoms with van der Waals surface area (Å²) in [6.07, 6.45) is -0.171. The van der Waals surface area contributed by atoms with Crippen molar-refractivity contribution in [2.24, 2.45) is 5.41 Å². The molecule has 0 aliphatic carbocycles. The summed E-state index contributed by atoms with van der Waals surface area (Å²) < 4.78 is 5.81. The molecule has 1 rings (SSSR count). The molecule has 0 aliphatic rings. The molecule has 17 heavy (non-hydrogen) atoms. The Morgan fingerprint density at radius 1 is 1.24 bits per heavy atom. The van der Waals surface area contributed by atoms with Gasteiger partial charge >= 0.3 is 0 Å². The maximum absolute atomic E-state index is 8.74. The molecule has 0 aromatic heterocycles. The van der Waals surface area contributed by atoms with E-state index in [0.717, 1.165) is 5.56 Å². The zero-order valence-corrected chi connectivity index (χ0v) is 10.7. The predicted molar refractivity (Wildman–Crippen MR) is 69.3 cm³/mol. The van der Waals surface area contributed by atoms with E-state index in [9.17, 15) is 0 Å². The van der Waals surface area contributed by atoms with E-state index in [1.54, 1.807) is 0 Å². The van der Waals surface area contributed by atoms with Crippen molar-refractivity contribution in [2.45, 2.75) is 33.5 Å². The van der Waals surface area contributed by atoms with E-state index in [1.165, 1.54) is 0 Å². The minimum absolute atomic E-state index is 0.0586. The van der Waals surface area contributed by atoms with Gasteiger partial charge in [-0.05, 0) is 11.0 Å². The van der Waals surface area contributed by atoms with Gasteiger partial charge in [-0.15, -0.1) is 0 Å². The van der Waals surface area contributed by atoms with Crippen LogP contribution in [0.1, 0.15) is 26.3 Å². The minimum atomic E-state index is -0.171. The number of ether oxygens (including phenoxy) is 1. The lowest BCUT2D eigenvalue weighted by molar-refractivity contribution is 0.0105. The van der Waals surface area contributed by atoms with Gasteiger partial charge in [-0.25, -0.2) is 0 Å². The molecule has 1 N–H and O–H groups in total. The Labute approximate surface area is 104 Å². The van der Waals surface area contributed by atoms with Crippen molar-refractivity contribution in [1.29, 1.82) is 0 Å². The van der Waals surface area contributed by atoms with E-state index in [0.29, 0.717) is 6.61 Å². The normalized spacial score (nSPS) is 12.7. The Bertz CT molecular complexity index is 379. The highest BCUT2D eigenvalue weighted by Gasteiger charge is 2.23. The molecule has 0 radical (unpaired) electrons. The number of aliphatic hydroxyl groups excluding tert-OH is 1. The molecule has 0 fully saturated rings. The van der Waals surface area contributed by atoms with Gasteiger partial charge in [0.15, 0.2) is 0 Å². The fraction of sp³-hybridized carbons (Fsp3) is 0.467. The van der Waals surface area contributed by atoms with Crippen LogP contribution in [0.4, 0.5) is 0 Å². The highest BCUT2D eigenvalue weighted by Crippen LogP contribution is 2.22. The van der Waals surface area contributed by atoms with Gasteiger partial charge in [-0.1, -0.05) is 62.9 Å². The van der Waals surface area contributed by atoms with E-state index in [1.807, 2.05) is 30.3 Å². The topological polar surface area (TPSA) is 29.5 Å². The first-order valence-electron chi connectivity index (χ1n) is 5.79. The first kappa shape index (κ1) is 13.8. The minimum Gasteiger partial charge on any atom is -0.384 e. The van der Waals surface area contributed by atoms with Gasteiger partial charge in [-0.3, -0.25) is 0 Å². The summed E-state index contributed by atoms with van der Waals surface area (Å²) in [6.45, 7) is 6.66. The molecule has 2 nitrogen and oxygen atoms in total. The third kappa shape index (κ3) is 5.04. The molecule has 0 saturated carbocycles. The monoisotopic (exact) mass is 232 g/mol. The number of hydrogen-bond donors (Lipinski definition) is 1. The molecule has 1 atom stereocenters. The standard InChI is InChI=1S/C15H20O2/c1-15(2,3)14(10-7-11-16)17-12-13-8-5-4-6-9-13/h4-6,8-9,14,16H,11-12H2,1-3H3. The van der Waals surface area contributed by atoms with Gasteiger partial charge < -0.3 is 9.84 Å². The summed E-state index contributed by atoms with van der Waals surface area (Å²) in [5.74, 6) is 5.63. The Balaban J connectivity index is 2.62. The molecule has 1 unspecified atom stereocenters. The van der Waals surface area contributed by atoms with Gasteiger partial charge in [0.1, 0.15) is 12.7 Å². The average molecular weight is 232 g/mol. The van der Waals surface area contributed by atoms with Crippen molar-refractivity contribution < 1.29 is 9.84 Å². The summed E-state index contributed by atoms with van der Waals surface area (Å²) in [5, 5.41) is 8.74. The van der Waals surface area contributed by atoms with Crippen molar-refractivity contribution in [3.8, 4) is 11.8 Å². The van der Waals surface area contributed by atoms with E-state index < -0.39 is 0 Å². The zero-order valence-electron chi connectivity index (χ0n) is 10.7. The number of benzene rings is 1. The predicted octanol–water partition coefficient (Wildman–Crippen LogP) is 2.61. The third-order valence-corrected chi connectivity index (χ3v) is 2.36. The molecular formula is C15H20O2. The molecule has 0 bridgehead atoms. The molecule has 1 aromatic rings. The number of rotatable bonds is 3. The maximum atomic E-state index is 8.74. The first-order valence-corrected chi connectivity index (χ1v) is 5.79. The lowest BCUT2D eigenvalue weighted by Gasteiger charge is -2.26. The number of aliphatic hydroxyl groups is 1. The van der Waals surface area contributed by atoms with Gasteiger partial charge in [0.25, 0.3) is 0 Å². The highest BCUT2D eigenvalue weighted by atomic mass is 16.5. The van der Waals surface area contributed by atoms with Crippen LogP contribution in [0.15, 0.2) is 30.3 Å². The molecule has 92 valence electrons. The van der Waals surface area contributed by atoms with E-state index >= 15 is 0 Å². The molecule has 0 saturated heterocycles. The van der Waals surface area contributed by atoms with Crippen LogP contribution in [0.2, 0.25) is 0 Å². The Morgan fingerprint density at radius 3 is 2.41 bits per heavy atom. The smallest absolute Gasteiger partial charge is 0.123 e. The van der Waals surface area contributed by atoms with Crippen LogP contribution in [0.3, 0.4) is 0 Å². The van der Waals surface area contributed by atoms with Crippen molar-refractivity contribution in [1.82, 2.24) is 0 Å². The maximum Gasteiger partial charge on any atom is 0.123 e. The van der Waals surface area contributed by atoms with E-state index in [2.05, 4.69) is 32.6 Å². The summed E-state index contributed by atoms with van der Waals surface area (Å²) in [4.78, 5) is 0. The average Bonchev–Trinajstić information content (AvgIpc) is 2.29.